The number of nitrogens with one attached hydrogen (secondary N) is 1. The van der Waals surface area contributed by atoms with E-state index in [2.05, 4.69) is 5.32 Å². The van der Waals surface area contributed by atoms with Crippen molar-refractivity contribution in [1.29, 1.82) is 0 Å². The standard InChI is InChI=1S/C19H21NO3/c1-11-17(13-7-3-5-9-15(13)21)20-18(12(2)19(11)23)14-8-4-6-10-16(14)22/h3-12,17-18,20-22H,1-2H3/t11-,12+,17-,18-/m0/s1. The van der Waals surface area contributed by atoms with Gasteiger partial charge >= 0.3 is 0 Å². The van der Waals surface area contributed by atoms with E-state index < -0.39 is 0 Å². The Labute approximate surface area is 135 Å². The largest absolute Gasteiger partial charge is 0.508 e. The minimum absolute atomic E-state index is 0.130. The van der Waals surface area contributed by atoms with Crippen molar-refractivity contribution in [2.75, 3.05) is 0 Å². The second-order valence-corrected chi connectivity index (χ2v) is 6.22. The Balaban J connectivity index is 2.02. The molecule has 1 fully saturated rings. The molecule has 0 aliphatic carbocycles. The van der Waals surface area contributed by atoms with Crippen molar-refractivity contribution in [1.82, 2.24) is 5.32 Å². The summed E-state index contributed by atoms with van der Waals surface area (Å²) in [7, 11) is 0. The van der Waals surface area contributed by atoms with E-state index in [1.165, 1.54) is 0 Å². The van der Waals surface area contributed by atoms with Crippen LogP contribution in [0.15, 0.2) is 48.5 Å². The van der Waals surface area contributed by atoms with Gasteiger partial charge in [-0.25, -0.2) is 0 Å². The molecule has 0 unspecified atom stereocenters. The number of ketones is 1. The number of hydrogen-bond donors (Lipinski definition) is 3. The molecule has 3 rings (SSSR count). The molecule has 0 bridgehead atoms. The number of aromatic hydroxyl groups is 2. The Bertz CT molecular complexity index is 669. The molecule has 1 heterocycles. The van der Waals surface area contributed by atoms with Crippen LogP contribution in [0.4, 0.5) is 0 Å². The fraction of sp³-hybridized carbons (Fsp3) is 0.316. The van der Waals surface area contributed by atoms with Crippen LogP contribution in [0.2, 0.25) is 0 Å². The lowest BCUT2D eigenvalue weighted by molar-refractivity contribution is -0.130. The number of carbonyl (C=O) groups is 1. The monoisotopic (exact) mass is 311 g/mol. The third kappa shape index (κ3) is 2.70. The Morgan fingerprint density at radius 2 is 1.17 bits per heavy atom. The summed E-state index contributed by atoms with van der Waals surface area (Å²) < 4.78 is 0. The van der Waals surface area contributed by atoms with Gasteiger partial charge in [0.25, 0.3) is 0 Å². The quantitative estimate of drug-likeness (QED) is 0.796. The van der Waals surface area contributed by atoms with E-state index >= 15 is 0 Å². The first-order valence-corrected chi connectivity index (χ1v) is 7.86. The van der Waals surface area contributed by atoms with Gasteiger partial charge in [-0.15, -0.1) is 0 Å². The van der Waals surface area contributed by atoms with Crippen molar-refractivity contribution in [3.8, 4) is 11.5 Å². The fourth-order valence-corrected chi connectivity index (χ4v) is 3.44. The molecule has 23 heavy (non-hydrogen) atoms. The van der Waals surface area contributed by atoms with Crippen LogP contribution in [0.1, 0.15) is 37.1 Å². The first kappa shape index (κ1) is 15.6. The van der Waals surface area contributed by atoms with E-state index in [4.69, 9.17) is 0 Å². The lowest BCUT2D eigenvalue weighted by Crippen LogP contribution is -2.46. The van der Waals surface area contributed by atoms with Crippen molar-refractivity contribution in [2.24, 2.45) is 11.8 Å². The van der Waals surface area contributed by atoms with Crippen molar-refractivity contribution in [2.45, 2.75) is 25.9 Å². The van der Waals surface area contributed by atoms with Gasteiger partial charge in [0, 0.05) is 35.0 Å². The molecule has 3 N–H and O–H groups in total. The number of phenols is 2. The van der Waals surface area contributed by atoms with Crippen LogP contribution in [0.25, 0.3) is 0 Å². The van der Waals surface area contributed by atoms with Gasteiger partial charge in [-0.1, -0.05) is 50.2 Å². The van der Waals surface area contributed by atoms with Crippen LogP contribution in [0, 0.1) is 11.8 Å². The van der Waals surface area contributed by atoms with Gasteiger partial charge in [0.1, 0.15) is 17.3 Å². The summed E-state index contributed by atoms with van der Waals surface area (Å²) in [5.74, 6) is -0.0171. The molecule has 1 aliphatic rings. The minimum atomic E-state index is -0.287. The van der Waals surface area contributed by atoms with E-state index in [0.717, 1.165) is 0 Å². The maximum absolute atomic E-state index is 12.7. The van der Waals surface area contributed by atoms with Gasteiger partial charge in [-0.3, -0.25) is 4.79 Å². The average Bonchev–Trinajstić information content (AvgIpc) is 2.55. The summed E-state index contributed by atoms with van der Waals surface area (Å²) in [5.41, 5.74) is 1.42. The van der Waals surface area contributed by atoms with E-state index in [9.17, 15) is 15.0 Å². The Hall–Kier alpha value is -2.33. The number of hydrogen-bond acceptors (Lipinski definition) is 4. The van der Waals surface area contributed by atoms with E-state index in [1.807, 2.05) is 38.1 Å². The van der Waals surface area contributed by atoms with Crippen LogP contribution in [-0.4, -0.2) is 16.0 Å². The SMILES string of the molecule is C[C@@H]1C(=O)[C@H](C)[C@@H](c2ccccc2O)N[C@@H]1c1ccccc1O. The zero-order chi connectivity index (χ0) is 16.6. The topological polar surface area (TPSA) is 69.6 Å². The summed E-state index contributed by atoms with van der Waals surface area (Å²) in [5, 5.41) is 23.7. The lowest BCUT2D eigenvalue weighted by atomic mass is 9.76. The fourth-order valence-electron chi connectivity index (χ4n) is 3.44. The highest BCUT2D eigenvalue weighted by Gasteiger charge is 2.41. The predicted molar refractivity (Wildman–Crippen MR) is 88.2 cm³/mol. The molecule has 0 amide bonds. The van der Waals surface area contributed by atoms with Gasteiger partial charge in [0.15, 0.2) is 0 Å². The number of Topliss-reactive ketones (excluding diaryl/α,β-unsaturated/α-hetero) is 1. The van der Waals surface area contributed by atoms with E-state index in [-0.39, 0.29) is 41.2 Å². The zero-order valence-electron chi connectivity index (χ0n) is 13.2. The Morgan fingerprint density at radius 1 is 0.783 bits per heavy atom. The first-order chi connectivity index (χ1) is 11.0. The van der Waals surface area contributed by atoms with Gasteiger partial charge in [-0.05, 0) is 12.1 Å². The normalized spacial score (nSPS) is 27.8. The summed E-state index contributed by atoms with van der Waals surface area (Å²) >= 11 is 0. The average molecular weight is 311 g/mol. The molecule has 120 valence electrons. The highest BCUT2D eigenvalue weighted by Crippen LogP contribution is 2.42. The van der Waals surface area contributed by atoms with Crippen LogP contribution in [0.3, 0.4) is 0 Å². The zero-order valence-corrected chi connectivity index (χ0v) is 13.2. The maximum Gasteiger partial charge on any atom is 0.142 e. The second kappa shape index (κ2) is 6.05. The van der Waals surface area contributed by atoms with Crippen LogP contribution >= 0.6 is 0 Å². The van der Waals surface area contributed by atoms with Crippen molar-refractivity contribution >= 4 is 5.78 Å². The molecule has 2 aromatic rings. The third-order valence-corrected chi connectivity index (χ3v) is 4.80. The van der Waals surface area contributed by atoms with Gasteiger partial charge in [-0.2, -0.15) is 0 Å². The summed E-state index contributed by atoms with van der Waals surface area (Å²) in [4.78, 5) is 12.7. The Morgan fingerprint density at radius 3 is 1.57 bits per heavy atom. The summed E-state index contributed by atoms with van der Waals surface area (Å²) in [6.07, 6.45) is 0. The van der Waals surface area contributed by atoms with Crippen LogP contribution in [0.5, 0.6) is 11.5 Å². The molecule has 1 saturated heterocycles. The molecule has 4 heteroatoms. The van der Waals surface area contributed by atoms with E-state index in [1.54, 1.807) is 24.3 Å². The van der Waals surface area contributed by atoms with Crippen LogP contribution < -0.4 is 5.32 Å². The van der Waals surface area contributed by atoms with Gasteiger partial charge in [0.2, 0.25) is 0 Å². The number of phenolic OH excluding ortho intramolecular Hbond substituents is 2. The Kier molecular flexibility index (Phi) is 4.09. The molecule has 2 aromatic carbocycles. The summed E-state index contributed by atoms with van der Waals surface area (Å²) in [6, 6.07) is 13.6. The molecule has 0 aromatic heterocycles. The molecule has 4 atom stereocenters. The summed E-state index contributed by atoms with van der Waals surface area (Å²) in [6.45, 7) is 3.76. The minimum Gasteiger partial charge on any atom is -0.508 e. The lowest BCUT2D eigenvalue weighted by Gasteiger charge is -2.39. The number of carbonyl (C=O) groups excluding carboxylic acids is 1. The highest BCUT2D eigenvalue weighted by atomic mass is 16.3. The number of rotatable bonds is 2. The van der Waals surface area contributed by atoms with Crippen molar-refractivity contribution < 1.29 is 15.0 Å². The first-order valence-electron chi connectivity index (χ1n) is 7.86. The predicted octanol–water partition coefficient (Wildman–Crippen LogP) is 3.32. The van der Waals surface area contributed by atoms with Gasteiger partial charge < -0.3 is 15.5 Å². The third-order valence-electron chi connectivity index (χ3n) is 4.80. The molecular weight excluding hydrogens is 290 g/mol. The van der Waals surface area contributed by atoms with Gasteiger partial charge in [0.05, 0.1) is 0 Å². The van der Waals surface area contributed by atoms with E-state index in [0.29, 0.717) is 11.1 Å². The number of piperidine rings is 1. The smallest absolute Gasteiger partial charge is 0.142 e. The number of para-hydroxylation sites is 2. The molecule has 4 nitrogen and oxygen atoms in total. The maximum atomic E-state index is 12.7. The molecule has 0 saturated carbocycles. The molecule has 0 spiro atoms. The second-order valence-electron chi connectivity index (χ2n) is 6.22. The van der Waals surface area contributed by atoms with Crippen molar-refractivity contribution in [3.05, 3.63) is 59.7 Å². The van der Waals surface area contributed by atoms with Crippen LogP contribution in [-0.2, 0) is 4.79 Å². The molecule has 0 radical (unpaired) electrons. The number of benzene rings is 2. The highest BCUT2D eigenvalue weighted by molar-refractivity contribution is 5.85. The van der Waals surface area contributed by atoms with Crippen molar-refractivity contribution in [3.63, 3.8) is 0 Å². The molecular formula is C19H21NO3. The molecule has 1 aliphatic heterocycles.